The molecule has 0 aliphatic carbocycles. The average molecular weight is 401 g/mol. The molecule has 7 heteroatoms. The number of halogens is 2. The fraction of sp³-hybridized carbons (Fsp3) is 0.200. The summed E-state index contributed by atoms with van der Waals surface area (Å²) in [6, 6.07) is 15.3. The molecule has 1 aliphatic rings. The van der Waals surface area contributed by atoms with E-state index in [9.17, 15) is 0 Å². The molecule has 2 aromatic carbocycles. The lowest BCUT2D eigenvalue weighted by atomic mass is 10.0. The Bertz CT molecular complexity index is 982. The second kappa shape index (κ2) is 7.72. The van der Waals surface area contributed by atoms with Crippen molar-refractivity contribution in [1.82, 2.24) is 14.8 Å². The van der Waals surface area contributed by atoms with Crippen molar-refractivity contribution in [2.75, 3.05) is 11.9 Å². The Morgan fingerprint density at radius 1 is 1.07 bits per heavy atom. The van der Waals surface area contributed by atoms with E-state index < -0.39 is 0 Å². The van der Waals surface area contributed by atoms with Crippen molar-refractivity contribution in [3.8, 4) is 0 Å². The van der Waals surface area contributed by atoms with Crippen LogP contribution in [-0.2, 0) is 6.42 Å². The number of fused-ring (bicyclic) bond motifs is 1. The van der Waals surface area contributed by atoms with Crippen molar-refractivity contribution in [2.24, 2.45) is 0 Å². The van der Waals surface area contributed by atoms with Crippen LogP contribution in [0.15, 0.2) is 54.6 Å². The van der Waals surface area contributed by atoms with Gasteiger partial charge in [0.05, 0.1) is 0 Å². The van der Waals surface area contributed by atoms with Gasteiger partial charge in [-0.3, -0.25) is 0 Å². The van der Waals surface area contributed by atoms with Gasteiger partial charge >= 0.3 is 0 Å². The first kappa shape index (κ1) is 18.0. The number of hydrogen-bond donors (Lipinski definition) is 2. The third kappa shape index (κ3) is 3.86. The Labute approximate surface area is 167 Å². The van der Waals surface area contributed by atoms with Gasteiger partial charge in [-0.2, -0.15) is 10.1 Å². The highest BCUT2D eigenvalue weighted by atomic mass is 35.5. The first-order valence-electron chi connectivity index (χ1n) is 8.70. The Kier molecular flexibility index (Phi) is 5.16. The molecule has 3 aromatic rings. The fourth-order valence-corrected chi connectivity index (χ4v) is 3.43. The molecule has 4 rings (SSSR count). The maximum atomic E-state index is 9.09. The van der Waals surface area contributed by atoms with Crippen LogP contribution in [0, 0.1) is 0 Å². The zero-order valence-corrected chi connectivity index (χ0v) is 16.0. The van der Waals surface area contributed by atoms with Crippen LogP contribution in [0.25, 0.3) is 5.70 Å². The van der Waals surface area contributed by atoms with E-state index in [2.05, 4.69) is 21.5 Å². The van der Waals surface area contributed by atoms with Crippen LogP contribution in [-0.4, -0.2) is 26.5 Å². The lowest BCUT2D eigenvalue weighted by Gasteiger charge is -2.24. The number of aliphatic hydroxyl groups is 1. The van der Waals surface area contributed by atoms with Crippen molar-refractivity contribution < 1.29 is 5.11 Å². The van der Waals surface area contributed by atoms with Gasteiger partial charge in [0, 0.05) is 28.8 Å². The van der Waals surface area contributed by atoms with Gasteiger partial charge in [-0.05, 0) is 47.9 Å². The molecule has 2 heterocycles. The Morgan fingerprint density at radius 2 is 1.89 bits per heavy atom. The molecule has 27 heavy (non-hydrogen) atoms. The molecule has 2 N–H and O–H groups in total. The van der Waals surface area contributed by atoms with Gasteiger partial charge in [0.15, 0.2) is 5.82 Å². The summed E-state index contributed by atoms with van der Waals surface area (Å²) in [6.07, 6.45) is 3.35. The number of aliphatic hydroxyl groups excluding tert-OH is 1. The zero-order chi connectivity index (χ0) is 18.8. The van der Waals surface area contributed by atoms with E-state index in [1.165, 1.54) is 0 Å². The predicted molar refractivity (Wildman–Crippen MR) is 108 cm³/mol. The summed E-state index contributed by atoms with van der Waals surface area (Å²) in [5.41, 5.74) is 2.97. The van der Waals surface area contributed by atoms with Crippen molar-refractivity contribution in [3.63, 3.8) is 0 Å². The van der Waals surface area contributed by atoms with Crippen molar-refractivity contribution >= 4 is 34.8 Å². The van der Waals surface area contributed by atoms with Crippen molar-refractivity contribution in [2.45, 2.75) is 18.9 Å². The molecule has 0 amide bonds. The van der Waals surface area contributed by atoms with E-state index in [0.29, 0.717) is 34.7 Å². The molecular formula is C20H18Cl2N4O. The van der Waals surface area contributed by atoms with E-state index in [0.717, 1.165) is 16.8 Å². The molecule has 0 saturated carbocycles. The van der Waals surface area contributed by atoms with E-state index >= 15 is 0 Å². The van der Waals surface area contributed by atoms with Crippen LogP contribution in [0.5, 0.6) is 0 Å². The Morgan fingerprint density at radius 3 is 2.63 bits per heavy atom. The zero-order valence-electron chi connectivity index (χ0n) is 14.4. The summed E-state index contributed by atoms with van der Waals surface area (Å²) in [6.45, 7) is 0.114. The molecule has 0 fully saturated rings. The number of aromatic nitrogens is 3. The molecule has 1 aromatic heterocycles. The fourth-order valence-electron chi connectivity index (χ4n) is 3.11. The number of benzene rings is 2. The van der Waals surface area contributed by atoms with Crippen molar-refractivity contribution in [3.05, 3.63) is 81.6 Å². The standard InChI is InChI=1S/C20H18Cl2N4O/c21-15-8-6-13(7-9-15)17-12-18(14-3-1-4-16(22)11-14)26-20(23-17)24-19(25-26)5-2-10-27/h1,3-4,6-9,11-12,18,27H,2,5,10H2,(H,23,24,25). The lowest BCUT2D eigenvalue weighted by molar-refractivity contribution is 0.287. The summed E-state index contributed by atoms with van der Waals surface area (Å²) in [5.74, 6) is 1.37. The minimum Gasteiger partial charge on any atom is -0.396 e. The average Bonchev–Trinajstić information content (AvgIpc) is 3.09. The highest BCUT2D eigenvalue weighted by Gasteiger charge is 2.25. The third-order valence-electron chi connectivity index (χ3n) is 4.41. The molecule has 1 aliphatic heterocycles. The van der Waals surface area contributed by atoms with Crippen LogP contribution >= 0.6 is 23.2 Å². The minimum atomic E-state index is -0.138. The number of allylic oxidation sites excluding steroid dienone is 1. The van der Waals surface area contributed by atoms with E-state index in [1.54, 1.807) is 0 Å². The minimum absolute atomic E-state index is 0.114. The summed E-state index contributed by atoms with van der Waals surface area (Å²) in [7, 11) is 0. The van der Waals surface area contributed by atoms with Gasteiger partial charge in [-0.25, -0.2) is 4.68 Å². The predicted octanol–water partition coefficient (Wildman–Crippen LogP) is 4.57. The second-order valence-electron chi connectivity index (χ2n) is 6.34. The molecule has 5 nitrogen and oxygen atoms in total. The van der Waals surface area contributed by atoms with Crippen LogP contribution in [0.3, 0.4) is 0 Å². The molecule has 0 radical (unpaired) electrons. The van der Waals surface area contributed by atoms with E-state index in [1.807, 2.05) is 53.2 Å². The first-order valence-corrected chi connectivity index (χ1v) is 9.46. The topological polar surface area (TPSA) is 63.0 Å². The molecule has 1 unspecified atom stereocenters. The Hall–Kier alpha value is -2.34. The number of rotatable bonds is 5. The molecule has 0 saturated heterocycles. The van der Waals surface area contributed by atoms with Gasteiger partial charge in [-0.1, -0.05) is 47.5 Å². The summed E-state index contributed by atoms with van der Waals surface area (Å²) in [5, 5.41) is 18.5. The van der Waals surface area contributed by atoms with Crippen LogP contribution in [0.4, 0.5) is 5.95 Å². The number of nitrogens with one attached hydrogen (secondary N) is 1. The largest absolute Gasteiger partial charge is 0.396 e. The van der Waals surface area contributed by atoms with E-state index in [4.69, 9.17) is 28.3 Å². The maximum absolute atomic E-state index is 9.09. The monoisotopic (exact) mass is 400 g/mol. The smallest absolute Gasteiger partial charge is 0.226 e. The highest BCUT2D eigenvalue weighted by molar-refractivity contribution is 6.30. The SMILES string of the molecule is OCCCc1nc2n(n1)C(c1cccc(Cl)c1)C=C(c1ccc(Cl)cc1)N2. The van der Waals surface area contributed by atoms with Crippen molar-refractivity contribution in [1.29, 1.82) is 0 Å². The second-order valence-corrected chi connectivity index (χ2v) is 7.21. The van der Waals surface area contributed by atoms with Gasteiger partial charge in [0.25, 0.3) is 0 Å². The van der Waals surface area contributed by atoms with Gasteiger partial charge in [0.1, 0.15) is 6.04 Å². The first-order chi connectivity index (χ1) is 13.1. The Balaban J connectivity index is 1.77. The van der Waals surface area contributed by atoms with E-state index in [-0.39, 0.29) is 12.6 Å². The summed E-state index contributed by atoms with van der Waals surface area (Å²) >= 11 is 12.2. The normalized spacial score (nSPS) is 15.8. The number of anilines is 1. The van der Waals surface area contributed by atoms with Gasteiger partial charge in [-0.15, -0.1) is 0 Å². The molecule has 0 bridgehead atoms. The molecule has 1 atom stereocenters. The number of nitrogens with zero attached hydrogens (tertiary/aromatic N) is 3. The van der Waals surface area contributed by atoms with Crippen LogP contribution in [0.2, 0.25) is 10.0 Å². The summed E-state index contributed by atoms with van der Waals surface area (Å²) in [4.78, 5) is 4.61. The molecular weight excluding hydrogens is 383 g/mol. The van der Waals surface area contributed by atoms with Gasteiger partial charge in [0.2, 0.25) is 5.95 Å². The van der Waals surface area contributed by atoms with Crippen LogP contribution < -0.4 is 5.32 Å². The van der Waals surface area contributed by atoms with Crippen LogP contribution in [0.1, 0.15) is 29.4 Å². The molecule has 138 valence electrons. The number of aryl methyl sites for hydroxylation is 1. The third-order valence-corrected chi connectivity index (χ3v) is 4.90. The quantitative estimate of drug-likeness (QED) is 0.658. The highest BCUT2D eigenvalue weighted by Crippen LogP contribution is 2.33. The molecule has 0 spiro atoms. The summed E-state index contributed by atoms with van der Waals surface area (Å²) < 4.78 is 1.86. The lowest BCUT2D eigenvalue weighted by Crippen LogP contribution is -2.20. The van der Waals surface area contributed by atoms with Gasteiger partial charge < -0.3 is 10.4 Å². The number of hydrogen-bond acceptors (Lipinski definition) is 4. The maximum Gasteiger partial charge on any atom is 0.226 e.